The van der Waals surface area contributed by atoms with Gasteiger partial charge in [0.2, 0.25) is 5.89 Å². The summed E-state index contributed by atoms with van der Waals surface area (Å²) in [6.07, 6.45) is 1.14. The van der Waals surface area contributed by atoms with Gasteiger partial charge in [-0.2, -0.15) is 0 Å². The Labute approximate surface area is 93.4 Å². The van der Waals surface area contributed by atoms with Crippen LogP contribution in [0.25, 0.3) is 11.1 Å². The number of para-hydroxylation sites is 1. The van der Waals surface area contributed by atoms with E-state index < -0.39 is 0 Å². The largest absolute Gasteiger partial charge is 0.440 e. The minimum atomic E-state index is 0.175. The van der Waals surface area contributed by atoms with Crippen molar-refractivity contribution in [3.8, 4) is 0 Å². The topological polar surface area (TPSA) is 61.3 Å². The van der Waals surface area contributed by atoms with Crippen LogP contribution in [-0.2, 0) is 4.74 Å². The Kier molecular flexibility index (Phi) is 2.11. The van der Waals surface area contributed by atoms with Crippen molar-refractivity contribution >= 4 is 16.8 Å². The molecule has 0 spiro atoms. The van der Waals surface area contributed by atoms with Crippen LogP contribution in [0.5, 0.6) is 0 Å². The molecule has 0 bridgehead atoms. The molecule has 0 saturated carbocycles. The Balaban J connectivity index is 2.08. The van der Waals surface area contributed by atoms with Gasteiger partial charge in [-0.3, -0.25) is 0 Å². The minimum Gasteiger partial charge on any atom is -0.440 e. The molecule has 2 atom stereocenters. The first-order valence-corrected chi connectivity index (χ1v) is 5.52. The summed E-state index contributed by atoms with van der Waals surface area (Å²) in [5, 5.41) is 0. The van der Waals surface area contributed by atoms with Crippen molar-refractivity contribution in [2.45, 2.75) is 25.4 Å². The number of nitrogen functional groups attached to an aromatic ring is 1. The SMILES string of the molecule is CC1OCCC1c1nc2c(N)cccc2o1. The van der Waals surface area contributed by atoms with Gasteiger partial charge in [0.05, 0.1) is 17.7 Å². The molecule has 4 heteroatoms. The number of fused-ring (bicyclic) bond motifs is 1. The number of hydrogen-bond donors (Lipinski definition) is 1. The van der Waals surface area contributed by atoms with Crippen LogP contribution in [-0.4, -0.2) is 17.7 Å². The molecule has 0 amide bonds. The van der Waals surface area contributed by atoms with Gasteiger partial charge in [0, 0.05) is 6.61 Å². The Hall–Kier alpha value is -1.55. The fraction of sp³-hybridized carbons (Fsp3) is 0.417. The van der Waals surface area contributed by atoms with Crippen LogP contribution in [0.15, 0.2) is 22.6 Å². The fourth-order valence-corrected chi connectivity index (χ4v) is 2.20. The minimum absolute atomic E-state index is 0.175. The third kappa shape index (κ3) is 1.38. The average Bonchev–Trinajstić information content (AvgIpc) is 2.84. The van der Waals surface area contributed by atoms with Crippen LogP contribution >= 0.6 is 0 Å². The lowest BCUT2D eigenvalue weighted by Gasteiger charge is -2.08. The van der Waals surface area contributed by atoms with Gasteiger partial charge < -0.3 is 14.9 Å². The van der Waals surface area contributed by atoms with Crippen LogP contribution in [0.3, 0.4) is 0 Å². The van der Waals surface area contributed by atoms with E-state index in [1.165, 1.54) is 0 Å². The fourth-order valence-electron chi connectivity index (χ4n) is 2.20. The van der Waals surface area contributed by atoms with E-state index in [2.05, 4.69) is 11.9 Å². The van der Waals surface area contributed by atoms with Crippen molar-refractivity contribution in [1.82, 2.24) is 4.98 Å². The number of benzene rings is 1. The molecule has 3 rings (SSSR count). The molecule has 1 saturated heterocycles. The van der Waals surface area contributed by atoms with Crippen molar-refractivity contribution in [2.24, 2.45) is 0 Å². The van der Waals surface area contributed by atoms with Crippen LogP contribution in [0, 0.1) is 0 Å². The van der Waals surface area contributed by atoms with Crippen LogP contribution in [0.2, 0.25) is 0 Å². The van der Waals surface area contributed by atoms with Crippen molar-refractivity contribution in [2.75, 3.05) is 12.3 Å². The van der Waals surface area contributed by atoms with Crippen molar-refractivity contribution in [3.05, 3.63) is 24.1 Å². The third-order valence-electron chi connectivity index (χ3n) is 3.16. The van der Waals surface area contributed by atoms with Gasteiger partial charge in [-0.15, -0.1) is 0 Å². The first-order valence-electron chi connectivity index (χ1n) is 5.52. The van der Waals surface area contributed by atoms with Crippen LogP contribution in [0.1, 0.15) is 25.2 Å². The lowest BCUT2D eigenvalue weighted by Crippen LogP contribution is -2.09. The zero-order valence-corrected chi connectivity index (χ0v) is 9.14. The molecule has 0 radical (unpaired) electrons. The summed E-state index contributed by atoms with van der Waals surface area (Å²) in [6.45, 7) is 2.83. The van der Waals surface area contributed by atoms with Crippen LogP contribution in [0.4, 0.5) is 5.69 Å². The quantitative estimate of drug-likeness (QED) is 0.746. The zero-order chi connectivity index (χ0) is 11.1. The van der Waals surface area contributed by atoms with E-state index in [0.29, 0.717) is 5.69 Å². The molecule has 1 aliphatic rings. The number of nitrogens with zero attached hydrogens (tertiary/aromatic N) is 1. The smallest absolute Gasteiger partial charge is 0.201 e. The molecule has 84 valence electrons. The maximum atomic E-state index is 5.85. The number of ether oxygens (including phenoxy) is 1. The van der Waals surface area contributed by atoms with Gasteiger partial charge in [-0.25, -0.2) is 4.98 Å². The molecule has 2 aromatic rings. The van der Waals surface area contributed by atoms with E-state index in [1.807, 2.05) is 18.2 Å². The maximum Gasteiger partial charge on any atom is 0.201 e. The van der Waals surface area contributed by atoms with Crippen molar-refractivity contribution in [1.29, 1.82) is 0 Å². The Bertz CT molecular complexity index is 521. The van der Waals surface area contributed by atoms with Gasteiger partial charge in [0.15, 0.2) is 5.58 Å². The van der Waals surface area contributed by atoms with Gasteiger partial charge in [0.25, 0.3) is 0 Å². The van der Waals surface area contributed by atoms with E-state index in [1.54, 1.807) is 0 Å². The highest BCUT2D eigenvalue weighted by atomic mass is 16.5. The van der Waals surface area contributed by atoms with Gasteiger partial charge >= 0.3 is 0 Å². The molecule has 2 unspecified atom stereocenters. The molecule has 0 aliphatic carbocycles. The predicted octanol–water partition coefficient (Wildman–Crippen LogP) is 2.30. The lowest BCUT2D eigenvalue weighted by molar-refractivity contribution is 0.114. The molecule has 1 aliphatic heterocycles. The number of anilines is 1. The van der Waals surface area contributed by atoms with Crippen molar-refractivity contribution in [3.63, 3.8) is 0 Å². The lowest BCUT2D eigenvalue weighted by atomic mass is 10.0. The summed E-state index contributed by atoms with van der Waals surface area (Å²) >= 11 is 0. The first kappa shape index (κ1) is 9.66. The molecule has 1 fully saturated rings. The molecular formula is C12H14N2O2. The normalized spacial score (nSPS) is 25.3. The molecule has 16 heavy (non-hydrogen) atoms. The predicted molar refractivity (Wildman–Crippen MR) is 61.2 cm³/mol. The molecule has 2 N–H and O–H groups in total. The highest BCUT2D eigenvalue weighted by Gasteiger charge is 2.30. The molecular weight excluding hydrogens is 204 g/mol. The van der Waals surface area contributed by atoms with E-state index in [0.717, 1.165) is 30.0 Å². The van der Waals surface area contributed by atoms with Gasteiger partial charge in [0.1, 0.15) is 5.52 Å². The highest BCUT2D eigenvalue weighted by molar-refractivity contribution is 5.85. The van der Waals surface area contributed by atoms with Crippen LogP contribution < -0.4 is 5.73 Å². The molecule has 1 aromatic carbocycles. The second-order valence-electron chi connectivity index (χ2n) is 4.22. The first-order chi connectivity index (χ1) is 7.75. The Morgan fingerprint density at radius 1 is 1.44 bits per heavy atom. The number of nitrogens with two attached hydrogens (primary N) is 1. The summed E-state index contributed by atoms with van der Waals surface area (Å²) in [4.78, 5) is 4.47. The summed E-state index contributed by atoms with van der Waals surface area (Å²) in [5.74, 6) is 1.00. The summed E-state index contributed by atoms with van der Waals surface area (Å²) < 4.78 is 11.2. The summed E-state index contributed by atoms with van der Waals surface area (Å²) in [5.41, 5.74) is 8.03. The molecule has 4 nitrogen and oxygen atoms in total. The number of hydrogen-bond acceptors (Lipinski definition) is 4. The monoisotopic (exact) mass is 218 g/mol. The number of aromatic nitrogens is 1. The average molecular weight is 218 g/mol. The highest BCUT2D eigenvalue weighted by Crippen LogP contribution is 2.33. The third-order valence-corrected chi connectivity index (χ3v) is 3.16. The van der Waals surface area contributed by atoms with Gasteiger partial charge in [-0.1, -0.05) is 6.07 Å². The number of rotatable bonds is 1. The van der Waals surface area contributed by atoms with E-state index in [-0.39, 0.29) is 12.0 Å². The second-order valence-corrected chi connectivity index (χ2v) is 4.22. The van der Waals surface area contributed by atoms with E-state index >= 15 is 0 Å². The molecule has 1 aromatic heterocycles. The van der Waals surface area contributed by atoms with Gasteiger partial charge in [-0.05, 0) is 25.5 Å². The van der Waals surface area contributed by atoms with E-state index in [4.69, 9.17) is 14.9 Å². The Morgan fingerprint density at radius 3 is 3.00 bits per heavy atom. The summed E-state index contributed by atoms with van der Waals surface area (Å²) in [6, 6.07) is 5.60. The van der Waals surface area contributed by atoms with E-state index in [9.17, 15) is 0 Å². The zero-order valence-electron chi connectivity index (χ0n) is 9.14. The summed E-state index contributed by atoms with van der Waals surface area (Å²) in [7, 11) is 0. The standard InChI is InChI=1S/C12H14N2O2/c1-7-8(5-6-15-7)12-14-11-9(13)3-2-4-10(11)16-12/h2-4,7-8H,5-6,13H2,1H3. The molecule has 2 heterocycles. The Morgan fingerprint density at radius 2 is 2.31 bits per heavy atom. The maximum absolute atomic E-state index is 5.85. The second kappa shape index (κ2) is 3.49. The number of oxazole rings is 1. The van der Waals surface area contributed by atoms with Crippen molar-refractivity contribution < 1.29 is 9.15 Å².